The Balaban J connectivity index is 2.52. The van der Waals surface area contributed by atoms with Crippen LogP contribution in [-0.2, 0) is 13.7 Å². The zero-order chi connectivity index (χ0) is 28.5. The summed E-state index contributed by atoms with van der Waals surface area (Å²) in [5.41, 5.74) is -5.67. The SMILES string of the molecule is CCCOc1cc(OCCC)c(S(OS(=O)(=O)C(F)(F)F)(c2ccccc2)c2ccccc2)c(OCCC)c1. The molecule has 0 radical (unpaired) electrons. The second kappa shape index (κ2) is 13.5. The van der Waals surface area contributed by atoms with Crippen molar-refractivity contribution in [3.8, 4) is 17.2 Å². The van der Waals surface area contributed by atoms with Gasteiger partial charge in [0.25, 0.3) is 0 Å². The van der Waals surface area contributed by atoms with Gasteiger partial charge in [-0.05, 0) is 53.8 Å². The topological polar surface area (TPSA) is 71.1 Å². The van der Waals surface area contributed by atoms with E-state index in [0.717, 1.165) is 0 Å². The fraction of sp³-hybridized carbons (Fsp3) is 0.357. The van der Waals surface area contributed by atoms with Crippen LogP contribution in [0.5, 0.6) is 17.2 Å². The molecule has 3 aromatic rings. The van der Waals surface area contributed by atoms with Gasteiger partial charge >= 0.3 is 15.6 Å². The van der Waals surface area contributed by atoms with Gasteiger partial charge in [-0.15, -0.1) is 0 Å². The average molecular weight is 587 g/mol. The molecule has 0 N–H and O–H groups in total. The first-order valence-electron chi connectivity index (χ1n) is 12.6. The maximum atomic E-state index is 13.9. The maximum absolute atomic E-state index is 13.9. The van der Waals surface area contributed by atoms with Gasteiger partial charge in [-0.2, -0.15) is 25.2 Å². The molecule has 11 heteroatoms. The van der Waals surface area contributed by atoms with Crippen molar-refractivity contribution in [2.75, 3.05) is 19.8 Å². The molecule has 3 aromatic carbocycles. The Kier molecular flexibility index (Phi) is 10.6. The Morgan fingerprint density at radius 3 is 1.46 bits per heavy atom. The highest BCUT2D eigenvalue weighted by Crippen LogP contribution is 2.74. The maximum Gasteiger partial charge on any atom is 0.524 e. The quantitative estimate of drug-likeness (QED) is 0.178. The van der Waals surface area contributed by atoms with E-state index in [9.17, 15) is 21.6 Å². The van der Waals surface area contributed by atoms with E-state index in [1.807, 2.05) is 20.8 Å². The van der Waals surface area contributed by atoms with E-state index in [4.69, 9.17) is 17.8 Å². The number of hydrogen-bond donors (Lipinski definition) is 0. The summed E-state index contributed by atoms with van der Waals surface area (Å²) in [7, 11) is -9.75. The summed E-state index contributed by atoms with van der Waals surface area (Å²) in [5.74, 6) is 0.624. The van der Waals surface area contributed by atoms with Crippen molar-refractivity contribution in [1.29, 1.82) is 0 Å². The summed E-state index contributed by atoms with van der Waals surface area (Å²) in [6.07, 6.45) is 1.89. The Labute approximate surface area is 229 Å². The lowest BCUT2D eigenvalue weighted by molar-refractivity contribution is -0.0496. The molecule has 6 nitrogen and oxygen atoms in total. The van der Waals surface area contributed by atoms with Gasteiger partial charge in [-0.1, -0.05) is 57.2 Å². The third kappa shape index (κ3) is 7.01. The molecule has 0 aliphatic rings. The zero-order valence-corrected chi connectivity index (χ0v) is 23.7. The van der Waals surface area contributed by atoms with Gasteiger partial charge in [0.15, 0.2) is 0 Å². The number of alkyl halides is 3. The van der Waals surface area contributed by atoms with Crippen LogP contribution in [-0.4, -0.2) is 33.7 Å². The second-order valence-electron chi connectivity index (χ2n) is 8.44. The summed E-state index contributed by atoms with van der Waals surface area (Å²) in [6, 6.07) is 19.1. The molecular formula is C28H33F3O6S2. The van der Waals surface area contributed by atoms with Crippen LogP contribution < -0.4 is 14.2 Å². The molecule has 0 aliphatic heterocycles. The highest BCUT2D eigenvalue weighted by Gasteiger charge is 2.53. The third-order valence-electron chi connectivity index (χ3n) is 5.30. The molecular weight excluding hydrogens is 553 g/mol. The van der Waals surface area contributed by atoms with Gasteiger partial charge in [0.1, 0.15) is 22.1 Å². The number of benzene rings is 3. The molecule has 214 valence electrons. The molecule has 0 aromatic heterocycles. The lowest BCUT2D eigenvalue weighted by Gasteiger charge is -2.41. The molecule has 0 amide bonds. The van der Waals surface area contributed by atoms with Gasteiger partial charge in [0.2, 0.25) is 0 Å². The highest BCUT2D eigenvalue weighted by atomic mass is 32.3. The van der Waals surface area contributed by atoms with Gasteiger partial charge in [-0.25, -0.2) is 0 Å². The molecule has 0 spiro atoms. The van der Waals surface area contributed by atoms with E-state index in [-0.39, 0.29) is 39.4 Å². The van der Waals surface area contributed by atoms with Crippen LogP contribution in [0.1, 0.15) is 40.0 Å². The Hall–Kier alpha value is -2.89. The molecule has 0 atom stereocenters. The van der Waals surface area contributed by atoms with Crippen LogP contribution in [0.25, 0.3) is 0 Å². The first-order chi connectivity index (χ1) is 18.6. The fourth-order valence-electron chi connectivity index (χ4n) is 3.66. The second-order valence-corrected chi connectivity index (χ2v) is 12.8. The average Bonchev–Trinajstić information content (AvgIpc) is 2.93. The van der Waals surface area contributed by atoms with Gasteiger partial charge in [0, 0.05) is 21.9 Å². The van der Waals surface area contributed by atoms with Crippen LogP contribution in [0.2, 0.25) is 0 Å². The summed E-state index contributed by atoms with van der Waals surface area (Å²) < 4.78 is 90.9. The zero-order valence-electron chi connectivity index (χ0n) is 22.1. The summed E-state index contributed by atoms with van der Waals surface area (Å²) in [6.45, 7) is 6.50. The van der Waals surface area contributed by atoms with E-state index in [1.54, 1.807) is 72.8 Å². The Morgan fingerprint density at radius 2 is 1.08 bits per heavy atom. The standard InChI is InChI=1S/C28H33F3O6S2/c1-4-17-34-22-20-25(35-18-5-2)27(26(21-22)36-19-6-3)38(23-13-9-7-10-14-23,24-15-11-8-12-16-24)37-39(32,33)28(29,30)31/h7-16,20-21H,4-6,17-19H2,1-3H3. The molecule has 39 heavy (non-hydrogen) atoms. The first-order valence-corrected chi connectivity index (χ1v) is 15.6. The van der Waals surface area contributed by atoms with Crippen LogP contribution in [0.3, 0.4) is 0 Å². The van der Waals surface area contributed by atoms with Crippen molar-refractivity contribution in [1.82, 2.24) is 0 Å². The summed E-state index contributed by atoms with van der Waals surface area (Å²) in [4.78, 5) is 0.501. The van der Waals surface area contributed by atoms with Gasteiger partial charge in [0.05, 0.1) is 19.8 Å². The molecule has 0 unspecified atom stereocenters. The van der Waals surface area contributed by atoms with Crippen LogP contribution in [0.15, 0.2) is 87.5 Å². The van der Waals surface area contributed by atoms with Crippen molar-refractivity contribution in [3.05, 3.63) is 72.8 Å². The number of rotatable bonds is 14. The number of halogens is 3. The molecule has 0 heterocycles. The largest absolute Gasteiger partial charge is 0.524 e. The van der Waals surface area contributed by atoms with E-state index in [1.165, 1.54) is 0 Å². The van der Waals surface area contributed by atoms with E-state index in [0.29, 0.717) is 31.6 Å². The Morgan fingerprint density at radius 1 is 0.667 bits per heavy atom. The molecule has 0 bridgehead atoms. The normalized spacial score (nSPS) is 12.7. The number of hydrogen-bond acceptors (Lipinski definition) is 6. The van der Waals surface area contributed by atoms with E-state index < -0.39 is 25.9 Å². The van der Waals surface area contributed by atoms with Crippen molar-refractivity contribution in [2.45, 2.75) is 60.2 Å². The van der Waals surface area contributed by atoms with E-state index in [2.05, 4.69) is 0 Å². The van der Waals surface area contributed by atoms with Crippen molar-refractivity contribution in [3.63, 3.8) is 0 Å². The third-order valence-corrected chi connectivity index (χ3v) is 10.3. The molecule has 0 saturated heterocycles. The minimum atomic E-state index is -6.10. The minimum absolute atomic E-state index is 0.0680. The van der Waals surface area contributed by atoms with Crippen LogP contribution in [0.4, 0.5) is 13.2 Å². The monoisotopic (exact) mass is 586 g/mol. The van der Waals surface area contributed by atoms with Crippen LogP contribution >= 0.6 is 10.3 Å². The van der Waals surface area contributed by atoms with Crippen molar-refractivity contribution in [2.24, 2.45) is 0 Å². The van der Waals surface area contributed by atoms with Crippen molar-refractivity contribution < 1.29 is 39.4 Å². The predicted octanol–water partition coefficient (Wildman–Crippen LogP) is 8.12. The van der Waals surface area contributed by atoms with Gasteiger partial charge in [-0.3, -0.25) is 0 Å². The fourth-order valence-corrected chi connectivity index (χ4v) is 8.57. The lowest BCUT2D eigenvalue weighted by atomic mass is 10.3. The van der Waals surface area contributed by atoms with Crippen molar-refractivity contribution >= 4 is 20.4 Å². The highest BCUT2D eigenvalue weighted by molar-refractivity contribution is 8.33. The predicted molar refractivity (Wildman–Crippen MR) is 145 cm³/mol. The van der Waals surface area contributed by atoms with E-state index >= 15 is 0 Å². The minimum Gasteiger partial charge on any atom is -0.493 e. The van der Waals surface area contributed by atoms with Gasteiger partial charge < -0.3 is 14.2 Å². The Bertz CT molecular complexity index is 1230. The summed E-state index contributed by atoms with van der Waals surface area (Å²) >= 11 is 0. The molecule has 3 rings (SSSR count). The lowest BCUT2D eigenvalue weighted by Crippen LogP contribution is -2.28. The van der Waals surface area contributed by atoms with Crippen LogP contribution in [0, 0.1) is 0 Å². The summed E-state index contributed by atoms with van der Waals surface area (Å²) in [5, 5.41) is 0. The molecule has 0 fully saturated rings. The number of ether oxygens (including phenoxy) is 3. The molecule has 0 aliphatic carbocycles. The molecule has 0 saturated carbocycles. The first kappa shape index (κ1) is 30.6. The smallest absolute Gasteiger partial charge is 0.493 e.